The highest BCUT2D eigenvalue weighted by molar-refractivity contribution is 7.09. The van der Waals surface area contributed by atoms with Crippen molar-refractivity contribution in [3.05, 3.63) is 69.7 Å². The van der Waals surface area contributed by atoms with Crippen LogP contribution in [0.5, 0.6) is 5.75 Å². The van der Waals surface area contributed by atoms with Gasteiger partial charge < -0.3 is 21.5 Å². The Balaban J connectivity index is 1.87. The highest BCUT2D eigenvalue weighted by atomic mass is 32.1. The summed E-state index contributed by atoms with van der Waals surface area (Å²) in [5.41, 5.74) is 14.3. The van der Waals surface area contributed by atoms with Crippen LogP contribution in [0.2, 0.25) is 0 Å². The molecule has 0 bridgehead atoms. The van der Waals surface area contributed by atoms with Crippen LogP contribution in [0.4, 0.5) is 11.4 Å². The molecule has 1 aliphatic rings. The lowest BCUT2D eigenvalue weighted by Gasteiger charge is -2.34. The van der Waals surface area contributed by atoms with Gasteiger partial charge in [0.2, 0.25) is 5.91 Å². The van der Waals surface area contributed by atoms with E-state index >= 15 is 0 Å². The predicted octanol–water partition coefficient (Wildman–Crippen LogP) is 4.29. The van der Waals surface area contributed by atoms with Gasteiger partial charge in [-0.25, -0.2) is 0 Å². The first-order valence-corrected chi connectivity index (χ1v) is 13.4. The zero-order valence-corrected chi connectivity index (χ0v) is 22.6. The number of primary amides is 1. The molecule has 3 amide bonds. The third kappa shape index (κ3) is 5.65. The van der Waals surface area contributed by atoms with Crippen LogP contribution in [0.15, 0.2) is 42.5 Å². The third-order valence-corrected chi connectivity index (χ3v) is 7.73. The second kappa shape index (κ2) is 11.6. The molecule has 1 saturated carbocycles. The number of nitrogens with two attached hydrogens (primary N) is 2. The number of carbonyl (C=O) groups excluding carboxylic acids is 3. The van der Waals surface area contributed by atoms with Gasteiger partial charge in [0, 0.05) is 11.7 Å². The summed E-state index contributed by atoms with van der Waals surface area (Å²) in [6.45, 7) is 3.84. The van der Waals surface area contributed by atoms with Gasteiger partial charge in [-0.05, 0) is 67.5 Å². The van der Waals surface area contributed by atoms with E-state index in [4.69, 9.17) is 16.2 Å². The number of rotatable bonds is 8. The maximum atomic E-state index is 14.2. The summed E-state index contributed by atoms with van der Waals surface area (Å²) in [6.07, 6.45) is 5.02. The molecule has 0 radical (unpaired) electrons. The first kappa shape index (κ1) is 27.1. The van der Waals surface area contributed by atoms with Crippen LogP contribution in [-0.2, 0) is 4.79 Å². The van der Waals surface area contributed by atoms with Crippen molar-refractivity contribution >= 4 is 40.6 Å². The number of methoxy groups -OCH3 is 1. The molecule has 5 N–H and O–H groups in total. The standard InChI is InChI=1S/C28H33N5O4S/c1-16-9-14-21(17(2)15-16)33(28(36)25-22(29)23(26(30)34)32-38-25)24(18-10-12-20(37-3)13-11-18)27(35)31-19-7-5-4-6-8-19/h9-15,19,24H,4-8,29H2,1-3H3,(H2,30,34)(H,31,35)/t24-/m0/s1. The number of nitrogens with one attached hydrogen (secondary N) is 1. The average Bonchev–Trinajstić information content (AvgIpc) is 3.29. The van der Waals surface area contributed by atoms with Crippen molar-refractivity contribution in [2.24, 2.45) is 5.73 Å². The minimum absolute atomic E-state index is 0.0306. The Labute approximate surface area is 226 Å². The van der Waals surface area contributed by atoms with Crippen LogP contribution < -0.4 is 26.4 Å². The van der Waals surface area contributed by atoms with E-state index < -0.39 is 17.9 Å². The Hall–Kier alpha value is -3.92. The summed E-state index contributed by atoms with van der Waals surface area (Å²) in [4.78, 5) is 41.6. The third-order valence-electron chi connectivity index (χ3n) is 6.88. The molecule has 38 heavy (non-hydrogen) atoms. The minimum Gasteiger partial charge on any atom is -0.497 e. The van der Waals surface area contributed by atoms with E-state index in [9.17, 15) is 14.4 Å². The van der Waals surface area contributed by atoms with Crippen molar-refractivity contribution in [2.75, 3.05) is 17.7 Å². The number of nitrogens with zero attached hydrogens (tertiary/aromatic N) is 2. The number of nitrogen functional groups attached to an aromatic ring is 1. The largest absolute Gasteiger partial charge is 0.497 e. The number of ether oxygens (including phenoxy) is 1. The number of benzene rings is 2. The Morgan fingerprint density at radius 1 is 1.08 bits per heavy atom. The van der Waals surface area contributed by atoms with Gasteiger partial charge in [0.05, 0.1) is 12.8 Å². The van der Waals surface area contributed by atoms with E-state index in [0.717, 1.165) is 54.8 Å². The fourth-order valence-corrected chi connectivity index (χ4v) is 5.65. The molecule has 0 spiro atoms. The van der Waals surface area contributed by atoms with Gasteiger partial charge in [-0.1, -0.05) is 49.1 Å². The molecule has 9 nitrogen and oxygen atoms in total. The Kier molecular flexibility index (Phi) is 8.31. The number of aromatic nitrogens is 1. The summed E-state index contributed by atoms with van der Waals surface area (Å²) >= 11 is 0.792. The maximum Gasteiger partial charge on any atom is 0.273 e. The van der Waals surface area contributed by atoms with Crippen LogP contribution in [0, 0.1) is 13.8 Å². The number of carbonyl (C=O) groups is 3. The molecule has 1 atom stereocenters. The van der Waals surface area contributed by atoms with Gasteiger partial charge >= 0.3 is 0 Å². The van der Waals surface area contributed by atoms with E-state index in [-0.39, 0.29) is 28.2 Å². The normalized spacial score (nSPS) is 14.5. The summed E-state index contributed by atoms with van der Waals surface area (Å²) in [5.74, 6) is -1.03. The first-order chi connectivity index (χ1) is 18.2. The van der Waals surface area contributed by atoms with Crippen molar-refractivity contribution in [3.63, 3.8) is 0 Å². The fourth-order valence-electron chi connectivity index (χ4n) is 4.91. The molecular weight excluding hydrogens is 502 g/mol. The topological polar surface area (TPSA) is 141 Å². The molecule has 2 aromatic carbocycles. The maximum absolute atomic E-state index is 14.2. The van der Waals surface area contributed by atoms with E-state index in [2.05, 4.69) is 9.69 Å². The molecule has 1 heterocycles. The average molecular weight is 536 g/mol. The lowest BCUT2D eigenvalue weighted by Crippen LogP contribution is -2.47. The van der Waals surface area contributed by atoms with Gasteiger partial charge in [-0.2, -0.15) is 4.37 Å². The molecule has 1 aliphatic carbocycles. The van der Waals surface area contributed by atoms with Crippen molar-refractivity contribution in [3.8, 4) is 5.75 Å². The Morgan fingerprint density at radius 2 is 1.76 bits per heavy atom. The van der Waals surface area contributed by atoms with Gasteiger partial charge in [0.15, 0.2) is 5.69 Å². The van der Waals surface area contributed by atoms with Gasteiger partial charge in [-0.3, -0.25) is 19.3 Å². The lowest BCUT2D eigenvalue weighted by atomic mass is 9.94. The molecule has 4 rings (SSSR count). The predicted molar refractivity (Wildman–Crippen MR) is 149 cm³/mol. The minimum atomic E-state index is -1.02. The van der Waals surface area contributed by atoms with E-state index in [1.807, 2.05) is 32.0 Å². The van der Waals surface area contributed by atoms with Crippen molar-refractivity contribution < 1.29 is 19.1 Å². The van der Waals surface area contributed by atoms with Gasteiger partial charge in [0.25, 0.3) is 11.8 Å². The summed E-state index contributed by atoms with van der Waals surface area (Å²) in [7, 11) is 1.57. The zero-order chi connectivity index (χ0) is 27.4. The molecule has 10 heteroatoms. The summed E-state index contributed by atoms with van der Waals surface area (Å²) < 4.78 is 9.34. The highest BCUT2D eigenvalue weighted by Gasteiger charge is 2.37. The molecule has 3 aromatic rings. The smallest absolute Gasteiger partial charge is 0.273 e. The lowest BCUT2D eigenvalue weighted by molar-refractivity contribution is -0.123. The highest BCUT2D eigenvalue weighted by Crippen LogP contribution is 2.36. The Morgan fingerprint density at radius 3 is 2.34 bits per heavy atom. The number of amides is 3. The monoisotopic (exact) mass is 535 g/mol. The van der Waals surface area contributed by atoms with Crippen molar-refractivity contribution in [1.29, 1.82) is 0 Å². The molecule has 0 unspecified atom stereocenters. The molecule has 1 aromatic heterocycles. The SMILES string of the molecule is COc1ccc([C@@H](C(=O)NC2CCCCC2)N(C(=O)c2snc(C(N)=O)c2N)c2ccc(C)cc2C)cc1. The van der Waals surface area contributed by atoms with E-state index in [1.54, 1.807) is 31.4 Å². The molecule has 200 valence electrons. The molecular formula is C28H33N5O4S. The van der Waals surface area contributed by atoms with Crippen LogP contribution in [0.3, 0.4) is 0 Å². The van der Waals surface area contributed by atoms with E-state index in [0.29, 0.717) is 17.0 Å². The van der Waals surface area contributed by atoms with Gasteiger partial charge in [0.1, 0.15) is 16.7 Å². The summed E-state index contributed by atoms with van der Waals surface area (Å²) in [5, 5.41) is 3.19. The molecule has 0 saturated heterocycles. The van der Waals surface area contributed by atoms with Crippen molar-refractivity contribution in [1.82, 2.24) is 9.69 Å². The quantitative estimate of drug-likeness (QED) is 0.393. The van der Waals surface area contributed by atoms with E-state index in [1.165, 1.54) is 4.90 Å². The second-order valence-electron chi connectivity index (χ2n) is 9.62. The van der Waals surface area contributed by atoms with Gasteiger partial charge in [-0.15, -0.1) is 0 Å². The number of hydrogen-bond donors (Lipinski definition) is 3. The van der Waals surface area contributed by atoms with Crippen LogP contribution in [0.1, 0.15) is 75.0 Å². The second-order valence-corrected chi connectivity index (χ2v) is 10.4. The van der Waals surface area contributed by atoms with Crippen LogP contribution in [-0.4, -0.2) is 35.2 Å². The van der Waals surface area contributed by atoms with Crippen LogP contribution in [0.25, 0.3) is 0 Å². The number of anilines is 2. The van der Waals surface area contributed by atoms with Crippen molar-refractivity contribution in [2.45, 2.75) is 58.0 Å². The Bertz CT molecular complexity index is 1330. The first-order valence-electron chi connectivity index (χ1n) is 12.6. The zero-order valence-electron chi connectivity index (χ0n) is 21.8. The number of aryl methyl sites for hydroxylation is 2. The fraction of sp³-hybridized carbons (Fsp3) is 0.357. The summed E-state index contributed by atoms with van der Waals surface area (Å²) in [6, 6.07) is 11.7. The number of hydrogen-bond acceptors (Lipinski definition) is 7. The molecule has 0 aliphatic heterocycles. The molecule has 1 fully saturated rings. The van der Waals surface area contributed by atoms with Crippen LogP contribution >= 0.6 is 11.5 Å².